The number of hydrogen-bond acceptors (Lipinski definition) is 6. The molecule has 0 bridgehead atoms. The summed E-state index contributed by atoms with van der Waals surface area (Å²) in [4.78, 5) is 40.8. The Bertz CT molecular complexity index is 996. The summed E-state index contributed by atoms with van der Waals surface area (Å²) in [5, 5.41) is 24.8. The number of benzene rings is 2. The van der Waals surface area contributed by atoms with Gasteiger partial charge in [0.1, 0.15) is 5.82 Å². The zero-order valence-corrected chi connectivity index (χ0v) is 14.9. The normalized spacial score (nSPS) is 11.9. The monoisotopic (exact) mass is 383 g/mol. The first-order chi connectivity index (χ1) is 13.4. The number of amides is 1. The Hall–Kier alpha value is -3.82. The lowest BCUT2D eigenvalue weighted by atomic mass is 10.1. The molecule has 0 spiro atoms. The molecule has 0 aliphatic carbocycles. The molecule has 28 heavy (non-hydrogen) atoms. The summed E-state index contributed by atoms with van der Waals surface area (Å²) in [5.41, 5.74) is 0.376. The molecular formula is C18H17N5O5. The second kappa shape index (κ2) is 7.82. The fraction of sp³-hybridized carbons (Fsp3) is 0.222. The summed E-state index contributed by atoms with van der Waals surface area (Å²) < 4.78 is 0. The highest BCUT2D eigenvalue weighted by molar-refractivity contribution is 5.95. The number of H-pyrrole nitrogens is 1. The third-order valence-electron chi connectivity index (χ3n) is 4.21. The molecule has 0 aliphatic heterocycles. The Morgan fingerprint density at radius 1 is 1.14 bits per heavy atom. The molecular weight excluding hydrogens is 366 g/mol. The quantitative estimate of drug-likeness (QED) is 0.470. The van der Waals surface area contributed by atoms with Crippen LogP contribution < -0.4 is 5.32 Å². The van der Waals surface area contributed by atoms with Crippen LogP contribution in [0.15, 0.2) is 42.5 Å². The molecule has 0 saturated carbocycles. The van der Waals surface area contributed by atoms with Crippen molar-refractivity contribution in [2.45, 2.75) is 25.8 Å². The van der Waals surface area contributed by atoms with Crippen LogP contribution in [0.3, 0.4) is 0 Å². The molecule has 10 nitrogen and oxygen atoms in total. The molecule has 0 unspecified atom stereocenters. The summed E-state index contributed by atoms with van der Waals surface area (Å²) in [6.45, 7) is 1.94. The van der Waals surface area contributed by atoms with E-state index in [1.165, 1.54) is 0 Å². The maximum Gasteiger partial charge on any atom is 0.277 e. The van der Waals surface area contributed by atoms with Gasteiger partial charge in [-0.25, -0.2) is 4.98 Å². The largest absolute Gasteiger partial charge is 0.342 e. The molecule has 2 aromatic carbocycles. The van der Waals surface area contributed by atoms with Crippen molar-refractivity contribution < 1.29 is 14.6 Å². The van der Waals surface area contributed by atoms with Crippen molar-refractivity contribution in [1.82, 2.24) is 15.3 Å². The molecule has 0 fully saturated rings. The number of aromatic nitrogens is 2. The second-order valence-corrected chi connectivity index (χ2v) is 6.21. The lowest BCUT2D eigenvalue weighted by Crippen LogP contribution is -2.29. The first-order valence-corrected chi connectivity index (χ1v) is 8.58. The van der Waals surface area contributed by atoms with Crippen LogP contribution in [0.2, 0.25) is 0 Å². The fourth-order valence-corrected chi connectivity index (χ4v) is 2.88. The lowest BCUT2D eigenvalue weighted by molar-refractivity contribution is -0.394. The van der Waals surface area contributed by atoms with Crippen LogP contribution in [-0.2, 0) is 0 Å². The number of para-hydroxylation sites is 2. The van der Waals surface area contributed by atoms with E-state index in [1.807, 2.05) is 31.2 Å². The Kier molecular flexibility index (Phi) is 5.30. The number of rotatable bonds is 7. The molecule has 1 aromatic heterocycles. The minimum absolute atomic E-state index is 0.155. The maximum absolute atomic E-state index is 12.7. The zero-order valence-electron chi connectivity index (χ0n) is 14.9. The van der Waals surface area contributed by atoms with Crippen LogP contribution in [0.5, 0.6) is 0 Å². The van der Waals surface area contributed by atoms with Gasteiger partial charge >= 0.3 is 0 Å². The van der Waals surface area contributed by atoms with E-state index in [1.54, 1.807) is 0 Å². The van der Waals surface area contributed by atoms with E-state index in [-0.39, 0.29) is 5.56 Å². The number of nitrogens with zero attached hydrogens (tertiary/aromatic N) is 3. The third-order valence-corrected chi connectivity index (χ3v) is 4.21. The molecule has 144 valence electrons. The summed E-state index contributed by atoms with van der Waals surface area (Å²) in [6.07, 6.45) is 1.32. The minimum Gasteiger partial charge on any atom is -0.342 e. The van der Waals surface area contributed by atoms with Gasteiger partial charge in [0.05, 0.1) is 38.6 Å². The number of imidazole rings is 1. The Morgan fingerprint density at radius 3 is 2.36 bits per heavy atom. The number of nitro groups is 2. The summed E-state index contributed by atoms with van der Waals surface area (Å²) in [5.74, 6) is -0.0953. The fourth-order valence-electron chi connectivity index (χ4n) is 2.88. The van der Waals surface area contributed by atoms with E-state index >= 15 is 0 Å². The number of nitro benzene ring substituents is 2. The average Bonchev–Trinajstić information content (AvgIpc) is 3.11. The Morgan fingerprint density at radius 2 is 1.79 bits per heavy atom. The van der Waals surface area contributed by atoms with Gasteiger partial charge in [-0.05, 0) is 18.6 Å². The number of nitrogens with one attached hydrogen (secondary N) is 2. The highest BCUT2D eigenvalue weighted by atomic mass is 16.6. The number of aromatic amines is 1. The average molecular weight is 383 g/mol. The van der Waals surface area contributed by atoms with Gasteiger partial charge in [-0.2, -0.15) is 0 Å². The highest BCUT2D eigenvalue weighted by Gasteiger charge is 2.23. The van der Waals surface area contributed by atoms with Crippen LogP contribution >= 0.6 is 0 Å². The van der Waals surface area contributed by atoms with Gasteiger partial charge < -0.3 is 10.3 Å². The van der Waals surface area contributed by atoms with E-state index in [0.717, 1.165) is 35.7 Å². The predicted octanol–water partition coefficient (Wildman–Crippen LogP) is 3.65. The Balaban J connectivity index is 1.92. The topological polar surface area (TPSA) is 144 Å². The number of carbonyl (C=O) groups is 1. The van der Waals surface area contributed by atoms with Gasteiger partial charge in [0, 0.05) is 12.1 Å². The van der Waals surface area contributed by atoms with Crippen molar-refractivity contribution in [3.63, 3.8) is 0 Å². The number of non-ortho nitro benzene ring substituents is 2. The van der Waals surface area contributed by atoms with E-state index in [4.69, 9.17) is 0 Å². The third kappa shape index (κ3) is 3.95. The molecule has 0 aliphatic rings. The number of carbonyl (C=O) groups excluding carboxylic acids is 1. The molecule has 10 heteroatoms. The highest BCUT2D eigenvalue weighted by Crippen LogP contribution is 2.24. The van der Waals surface area contributed by atoms with Crippen LogP contribution in [0.4, 0.5) is 11.4 Å². The predicted molar refractivity (Wildman–Crippen MR) is 101 cm³/mol. The molecule has 1 heterocycles. The molecule has 2 N–H and O–H groups in total. The summed E-state index contributed by atoms with van der Waals surface area (Å²) in [7, 11) is 0. The minimum atomic E-state index is -0.771. The van der Waals surface area contributed by atoms with Crippen molar-refractivity contribution in [3.8, 4) is 0 Å². The van der Waals surface area contributed by atoms with Gasteiger partial charge in [-0.3, -0.25) is 25.0 Å². The van der Waals surface area contributed by atoms with Crippen molar-refractivity contribution in [3.05, 3.63) is 74.1 Å². The smallest absolute Gasteiger partial charge is 0.277 e. The first kappa shape index (κ1) is 19.0. The van der Waals surface area contributed by atoms with Crippen LogP contribution in [0.1, 0.15) is 42.0 Å². The van der Waals surface area contributed by atoms with Crippen LogP contribution in [0, 0.1) is 20.2 Å². The first-order valence-electron chi connectivity index (χ1n) is 8.58. The maximum atomic E-state index is 12.7. The summed E-state index contributed by atoms with van der Waals surface area (Å²) >= 11 is 0. The SMILES string of the molecule is CCC[C@@H](NC(=O)c1cc([N+](=O)[O-])cc([N+](=O)[O-])c1)c1nc2ccccc2[nH]1. The standard InChI is InChI=1S/C18H17N5O5/c1-2-5-16(17-19-14-6-3-4-7-15(14)20-17)21-18(24)11-8-12(22(25)26)10-13(9-11)23(27)28/h3-4,6-10,16H,2,5H2,1H3,(H,19,20)(H,21,24)/t16-/m1/s1. The molecule has 3 aromatic rings. The van der Waals surface area contributed by atoms with Crippen LogP contribution in [0.25, 0.3) is 11.0 Å². The van der Waals surface area contributed by atoms with Gasteiger partial charge in [-0.15, -0.1) is 0 Å². The molecule has 0 radical (unpaired) electrons. The molecule has 3 rings (SSSR count). The zero-order chi connectivity index (χ0) is 20.3. The van der Waals surface area contributed by atoms with Crippen LogP contribution in [-0.4, -0.2) is 25.7 Å². The Labute approximate surface area is 158 Å². The van der Waals surface area contributed by atoms with Crippen molar-refractivity contribution in [2.75, 3.05) is 0 Å². The van der Waals surface area contributed by atoms with E-state index in [0.29, 0.717) is 12.2 Å². The van der Waals surface area contributed by atoms with Gasteiger partial charge in [0.2, 0.25) is 0 Å². The van der Waals surface area contributed by atoms with E-state index < -0.39 is 33.2 Å². The number of hydrogen-bond donors (Lipinski definition) is 2. The van der Waals surface area contributed by atoms with E-state index in [2.05, 4.69) is 15.3 Å². The van der Waals surface area contributed by atoms with Gasteiger partial charge in [0.15, 0.2) is 0 Å². The molecule has 0 saturated heterocycles. The molecule has 1 atom stereocenters. The number of fused-ring (bicyclic) bond motifs is 1. The van der Waals surface area contributed by atoms with E-state index in [9.17, 15) is 25.0 Å². The van der Waals surface area contributed by atoms with Crippen molar-refractivity contribution in [2.24, 2.45) is 0 Å². The molecule has 1 amide bonds. The summed E-state index contributed by atoms with van der Waals surface area (Å²) in [6, 6.07) is 9.80. The van der Waals surface area contributed by atoms with Gasteiger partial charge in [-0.1, -0.05) is 25.5 Å². The van der Waals surface area contributed by atoms with Crippen molar-refractivity contribution >= 4 is 28.3 Å². The lowest BCUT2D eigenvalue weighted by Gasteiger charge is -2.16. The van der Waals surface area contributed by atoms with Crippen molar-refractivity contribution in [1.29, 1.82) is 0 Å². The van der Waals surface area contributed by atoms with Gasteiger partial charge in [0.25, 0.3) is 17.3 Å². The second-order valence-electron chi connectivity index (χ2n) is 6.21.